The summed E-state index contributed by atoms with van der Waals surface area (Å²) in [5, 5.41) is 20.1. The lowest BCUT2D eigenvalue weighted by Gasteiger charge is -2.27. The second-order valence-electron chi connectivity index (χ2n) is 9.37. The summed E-state index contributed by atoms with van der Waals surface area (Å²) in [6.07, 6.45) is -1.96. The molecular formula is C29H36O8. The molecule has 200 valence electrons. The molecule has 0 saturated heterocycles. The minimum atomic E-state index is -0.978. The molecule has 2 rings (SSSR count). The van der Waals surface area contributed by atoms with Gasteiger partial charge in [-0.3, -0.25) is 0 Å². The third-order valence-corrected chi connectivity index (χ3v) is 5.51. The molecule has 2 unspecified atom stereocenters. The molecule has 37 heavy (non-hydrogen) atoms. The zero-order chi connectivity index (χ0) is 27.6. The zero-order valence-electron chi connectivity index (χ0n) is 21.9. The number of aliphatic hydroxyl groups is 2. The van der Waals surface area contributed by atoms with E-state index in [1.807, 2.05) is 36.4 Å². The van der Waals surface area contributed by atoms with Crippen molar-refractivity contribution in [2.75, 3.05) is 26.4 Å². The van der Waals surface area contributed by atoms with Crippen molar-refractivity contribution in [1.82, 2.24) is 0 Å². The average Bonchev–Trinajstić information content (AvgIpc) is 2.88. The monoisotopic (exact) mass is 512 g/mol. The number of ether oxygens (including phenoxy) is 4. The van der Waals surface area contributed by atoms with E-state index in [1.54, 1.807) is 12.1 Å². The fourth-order valence-corrected chi connectivity index (χ4v) is 3.19. The molecule has 0 aliphatic heterocycles. The largest absolute Gasteiger partial charge is 0.491 e. The van der Waals surface area contributed by atoms with E-state index in [0.29, 0.717) is 11.5 Å². The molecule has 0 aromatic heterocycles. The fourth-order valence-electron chi connectivity index (χ4n) is 3.19. The van der Waals surface area contributed by atoms with Crippen LogP contribution in [0.5, 0.6) is 11.5 Å². The van der Waals surface area contributed by atoms with Crippen LogP contribution >= 0.6 is 0 Å². The summed E-state index contributed by atoms with van der Waals surface area (Å²) in [5.74, 6) is 0.0100. The number of rotatable bonds is 14. The van der Waals surface area contributed by atoms with Crippen LogP contribution in [-0.2, 0) is 24.5 Å². The van der Waals surface area contributed by atoms with Gasteiger partial charge in [0.05, 0.1) is 0 Å². The van der Waals surface area contributed by atoms with Crippen LogP contribution in [-0.4, -0.2) is 60.8 Å². The Hall–Kier alpha value is -3.62. The van der Waals surface area contributed by atoms with Gasteiger partial charge in [0.15, 0.2) is 0 Å². The third kappa shape index (κ3) is 9.40. The van der Waals surface area contributed by atoms with E-state index in [0.717, 1.165) is 11.1 Å². The highest BCUT2D eigenvalue weighted by molar-refractivity contribution is 5.87. The van der Waals surface area contributed by atoms with Gasteiger partial charge in [-0.05, 0) is 49.2 Å². The smallest absolute Gasteiger partial charge is 0.333 e. The Bertz CT molecular complexity index is 1020. The van der Waals surface area contributed by atoms with Crippen LogP contribution in [0.2, 0.25) is 0 Å². The van der Waals surface area contributed by atoms with Crippen molar-refractivity contribution in [3.8, 4) is 11.5 Å². The number of benzene rings is 2. The van der Waals surface area contributed by atoms with Crippen molar-refractivity contribution in [2.45, 2.75) is 45.3 Å². The maximum Gasteiger partial charge on any atom is 0.333 e. The van der Waals surface area contributed by atoms with Crippen molar-refractivity contribution in [3.63, 3.8) is 0 Å². The molecule has 2 atom stereocenters. The van der Waals surface area contributed by atoms with E-state index in [-0.39, 0.29) is 37.6 Å². The van der Waals surface area contributed by atoms with Crippen LogP contribution in [0.1, 0.15) is 38.8 Å². The first kappa shape index (κ1) is 29.6. The molecule has 2 aromatic rings. The highest BCUT2D eigenvalue weighted by Gasteiger charge is 2.24. The molecule has 0 aliphatic carbocycles. The van der Waals surface area contributed by atoms with Gasteiger partial charge in [0.1, 0.15) is 50.1 Å². The van der Waals surface area contributed by atoms with E-state index < -0.39 is 29.6 Å². The highest BCUT2D eigenvalue weighted by atomic mass is 16.6. The maximum absolute atomic E-state index is 11.5. The topological polar surface area (TPSA) is 112 Å². The van der Waals surface area contributed by atoms with E-state index in [9.17, 15) is 19.8 Å². The van der Waals surface area contributed by atoms with Gasteiger partial charge in [0.2, 0.25) is 0 Å². The predicted octanol–water partition coefficient (Wildman–Crippen LogP) is 3.73. The molecule has 8 heteroatoms. The van der Waals surface area contributed by atoms with Crippen LogP contribution in [0, 0.1) is 0 Å². The fraction of sp³-hybridized carbons (Fsp3) is 0.379. The van der Waals surface area contributed by atoms with Crippen LogP contribution in [0.4, 0.5) is 0 Å². The van der Waals surface area contributed by atoms with E-state index in [4.69, 9.17) is 18.9 Å². The summed E-state index contributed by atoms with van der Waals surface area (Å²) in [6.45, 7) is 13.7. The van der Waals surface area contributed by atoms with E-state index in [2.05, 4.69) is 27.0 Å². The van der Waals surface area contributed by atoms with Gasteiger partial charge in [-0.25, -0.2) is 9.59 Å². The van der Waals surface area contributed by atoms with Gasteiger partial charge in [0.25, 0.3) is 0 Å². The van der Waals surface area contributed by atoms with Gasteiger partial charge in [-0.2, -0.15) is 0 Å². The molecule has 0 heterocycles. The molecule has 0 saturated carbocycles. The zero-order valence-corrected chi connectivity index (χ0v) is 21.9. The standard InChI is InChI=1S/C29H36O8/c1-19(2)27(32)36-17-23(30)15-34-25-11-7-9-21(13-25)29(5,6)22-10-8-12-26(14-22)35-16-24(31)18-37-28(33)20(3)4/h7-14,23-24,30-31H,1,3,15-18H2,2,4-6H3. The van der Waals surface area contributed by atoms with Crippen molar-refractivity contribution in [1.29, 1.82) is 0 Å². The minimum absolute atomic E-state index is 0.0410. The normalized spacial score (nSPS) is 12.7. The first-order valence-corrected chi connectivity index (χ1v) is 11.9. The quantitative estimate of drug-likeness (QED) is 0.291. The van der Waals surface area contributed by atoms with Crippen molar-refractivity contribution in [3.05, 3.63) is 84.0 Å². The summed E-state index contributed by atoms with van der Waals surface area (Å²) in [4.78, 5) is 22.9. The third-order valence-electron chi connectivity index (χ3n) is 5.51. The van der Waals surface area contributed by atoms with Gasteiger partial charge in [0, 0.05) is 16.6 Å². The Morgan fingerprint density at radius 2 is 1.14 bits per heavy atom. The SMILES string of the molecule is C=C(C)C(=O)OCC(O)COc1cccc(C(C)(C)c2cccc(OCC(O)COC(=O)C(=C)C)c2)c1. The summed E-state index contributed by atoms with van der Waals surface area (Å²) in [5.41, 5.74) is 2.04. The number of carbonyl (C=O) groups excluding carboxylic acids is 2. The number of hydrogen-bond donors (Lipinski definition) is 2. The molecule has 2 N–H and O–H groups in total. The van der Waals surface area contributed by atoms with Crippen LogP contribution in [0.25, 0.3) is 0 Å². The number of carbonyl (C=O) groups is 2. The van der Waals surface area contributed by atoms with Crippen LogP contribution < -0.4 is 9.47 Å². The number of esters is 2. The Balaban J connectivity index is 1.99. The lowest BCUT2D eigenvalue weighted by Crippen LogP contribution is -2.26. The predicted molar refractivity (Wildman–Crippen MR) is 140 cm³/mol. The summed E-state index contributed by atoms with van der Waals surface area (Å²) in [6, 6.07) is 15.0. The van der Waals surface area contributed by atoms with Gasteiger partial charge >= 0.3 is 11.9 Å². The highest BCUT2D eigenvalue weighted by Crippen LogP contribution is 2.34. The molecule has 0 amide bonds. The molecule has 0 aliphatic rings. The Labute approximate surface area is 218 Å². The second kappa shape index (κ2) is 13.6. The maximum atomic E-state index is 11.5. The van der Waals surface area contributed by atoms with Gasteiger partial charge in [-0.1, -0.05) is 51.3 Å². The Morgan fingerprint density at radius 1 is 0.757 bits per heavy atom. The van der Waals surface area contributed by atoms with Crippen LogP contribution in [0.3, 0.4) is 0 Å². The molecular weight excluding hydrogens is 476 g/mol. The summed E-state index contributed by atoms with van der Waals surface area (Å²) in [7, 11) is 0. The second-order valence-corrected chi connectivity index (χ2v) is 9.37. The lowest BCUT2D eigenvalue weighted by atomic mass is 9.78. The Morgan fingerprint density at radius 3 is 1.49 bits per heavy atom. The number of hydrogen-bond acceptors (Lipinski definition) is 8. The molecule has 0 spiro atoms. The molecule has 8 nitrogen and oxygen atoms in total. The summed E-state index contributed by atoms with van der Waals surface area (Å²) >= 11 is 0. The molecule has 2 aromatic carbocycles. The van der Waals surface area contributed by atoms with Crippen molar-refractivity contribution < 1.29 is 38.7 Å². The first-order chi connectivity index (χ1) is 17.4. The minimum Gasteiger partial charge on any atom is -0.491 e. The van der Waals surface area contributed by atoms with Crippen LogP contribution in [0.15, 0.2) is 72.8 Å². The lowest BCUT2D eigenvalue weighted by molar-refractivity contribution is -0.143. The molecule has 0 radical (unpaired) electrons. The Kier molecular flexibility index (Phi) is 10.9. The average molecular weight is 513 g/mol. The number of aliphatic hydroxyl groups excluding tert-OH is 2. The first-order valence-electron chi connectivity index (χ1n) is 11.9. The molecule has 0 fully saturated rings. The van der Waals surface area contributed by atoms with Crippen molar-refractivity contribution in [2.24, 2.45) is 0 Å². The van der Waals surface area contributed by atoms with Crippen molar-refractivity contribution >= 4 is 11.9 Å². The van der Waals surface area contributed by atoms with E-state index in [1.165, 1.54) is 13.8 Å². The van der Waals surface area contributed by atoms with Gasteiger partial charge < -0.3 is 29.2 Å². The summed E-state index contributed by atoms with van der Waals surface area (Å²) < 4.78 is 21.3. The molecule has 0 bridgehead atoms. The van der Waals surface area contributed by atoms with E-state index >= 15 is 0 Å². The van der Waals surface area contributed by atoms with Gasteiger partial charge in [-0.15, -0.1) is 0 Å².